The molecule has 0 bridgehead atoms. The van der Waals surface area contributed by atoms with Crippen LogP contribution in [-0.4, -0.2) is 16.9 Å². The minimum Gasteiger partial charge on any atom is -0.475 e. The second-order valence-electron chi connectivity index (χ2n) is 5.29. The van der Waals surface area contributed by atoms with Gasteiger partial charge in [0.1, 0.15) is 11.5 Å². The van der Waals surface area contributed by atoms with Gasteiger partial charge in [-0.1, -0.05) is 30.3 Å². The molecule has 108 valence electrons. The quantitative estimate of drug-likeness (QED) is 0.874. The Morgan fingerprint density at radius 3 is 2.52 bits per heavy atom. The number of fused-ring (bicyclic) bond motifs is 2. The minimum atomic E-state index is -1.75. The number of para-hydroxylation sites is 1. The van der Waals surface area contributed by atoms with Crippen molar-refractivity contribution in [3.05, 3.63) is 59.2 Å². The number of aryl methyl sites for hydroxylation is 1. The van der Waals surface area contributed by atoms with Gasteiger partial charge in [0.05, 0.1) is 0 Å². The minimum absolute atomic E-state index is 0.538. The van der Waals surface area contributed by atoms with Crippen molar-refractivity contribution < 1.29 is 19.4 Å². The van der Waals surface area contributed by atoms with Crippen LogP contribution in [0.4, 0.5) is 0 Å². The molecule has 0 saturated heterocycles. The van der Waals surface area contributed by atoms with Crippen LogP contribution in [-0.2, 0) is 11.2 Å². The summed E-state index contributed by atoms with van der Waals surface area (Å²) in [6.45, 7) is 3.41. The first-order chi connectivity index (χ1) is 9.99. The number of carbonyl (C=O) groups is 1. The van der Waals surface area contributed by atoms with Gasteiger partial charge in [0.2, 0.25) is 0 Å². The van der Waals surface area contributed by atoms with Crippen molar-refractivity contribution >= 4 is 5.97 Å². The standard InChI is InChI=1S/C17H16O4/c1-11-6-5-9-15-13(11)10-12-7-3-4-8-14(12)20-17(2,21-15)16(18)19/h3-9H,10H2,1-2H3,(H,18,19). The fourth-order valence-corrected chi connectivity index (χ4v) is 2.47. The Labute approximate surface area is 122 Å². The molecule has 1 unspecified atom stereocenters. The lowest BCUT2D eigenvalue weighted by Crippen LogP contribution is -2.48. The summed E-state index contributed by atoms with van der Waals surface area (Å²) in [6, 6.07) is 13.1. The van der Waals surface area contributed by atoms with Gasteiger partial charge in [-0.3, -0.25) is 0 Å². The van der Waals surface area contributed by atoms with Crippen molar-refractivity contribution in [2.45, 2.75) is 26.1 Å². The molecule has 1 atom stereocenters. The third kappa shape index (κ3) is 2.33. The van der Waals surface area contributed by atoms with Crippen LogP contribution in [0.1, 0.15) is 23.6 Å². The fraction of sp³-hybridized carbons (Fsp3) is 0.235. The maximum Gasteiger partial charge on any atom is 0.390 e. The molecule has 21 heavy (non-hydrogen) atoms. The molecular weight excluding hydrogens is 268 g/mol. The molecule has 3 rings (SSSR count). The van der Waals surface area contributed by atoms with Crippen LogP contribution >= 0.6 is 0 Å². The van der Waals surface area contributed by atoms with Crippen molar-refractivity contribution in [3.8, 4) is 11.5 Å². The Balaban J connectivity index is 2.21. The van der Waals surface area contributed by atoms with E-state index < -0.39 is 11.8 Å². The summed E-state index contributed by atoms with van der Waals surface area (Å²) in [5.41, 5.74) is 3.00. The largest absolute Gasteiger partial charge is 0.475 e. The SMILES string of the molecule is Cc1cccc2c1Cc1ccccc1OC(C)(C(=O)O)O2. The molecule has 0 saturated carbocycles. The first kappa shape index (κ1) is 13.5. The second-order valence-corrected chi connectivity index (χ2v) is 5.29. The zero-order chi connectivity index (χ0) is 15.0. The molecule has 1 N–H and O–H groups in total. The average Bonchev–Trinajstić information content (AvgIpc) is 2.42. The molecule has 2 aromatic rings. The number of benzene rings is 2. The van der Waals surface area contributed by atoms with E-state index in [9.17, 15) is 9.90 Å². The second kappa shape index (κ2) is 4.81. The number of hydrogen-bond acceptors (Lipinski definition) is 3. The predicted octanol–water partition coefficient (Wildman–Crippen LogP) is 3.16. The van der Waals surface area contributed by atoms with Crippen molar-refractivity contribution in [1.82, 2.24) is 0 Å². The number of rotatable bonds is 1. The summed E-state index contributed by atoms with van der Waals surface area (Å²) < 4.78 is 11.4. The highest BCUT2D eigenvalue weighted by molar-refractivity contribution is 5.76. The van der Waals surface area contributed by atoms with Gasteiger partial charge in [-0.2, -0.15) is 0 Å². The molecule has 1 aliphatic heterocycles. The average molecular weight is 284 g/mol. The van der Waals surface area contributed by atoms with Crippen molar-refractivity contribution in [2.75, 3.05) is 0 Å². The molecule has 0 spiro atoms. The Kier molecular flexibility index (Phi) is 3.09. The molecule has 0 fully saturated rings. The van der Waals surface area contributed by atoms with E-state index in [2.05, 4.69) is 0 Å². The summed E-state index contributed by atoms with van der Waals surface area (Å²) in [7, 11) is 0. The molecule has 0 aliphatic carbocycles. The summed E-state index contributed by atoms with van der Waals surface area (Å²) >= 11 is 0. The van der Waals surface area contributed by atoms with Crippen molar-refractivity contribution in [3.63, 3.8) is 0 Å². The zero-order valence-electron chi connectivity index (χ0n) is 11.9. The van der Waals surface area contributed by atoms with Gasteiger partial charge in [-0.25, -0.2) is 4.79 Å². The zero-order valence-corrected chi connectivity index (χ0v) is 11.9. The van der Waals surface area contributed by atoms with E-state index in [0.717, 1.165) is 16.7 Å². The van der Waals surface area contributed by atoms with E-state index in [1.165, 1.54) is 6.92 Å². The molecule has 2 aromatic carbocycles. The Morgan fingerprint density at radius 2 is 1.76 bits per heavy atom. The molecule has 4 heteroatoms. The topological polar surface area (TPSA) is 55.8 Å². The first-order valence-electron chi connectivity index (χ1n) is 6.77. The Bertz CT molecular complexity index is 708. The summed E-state index contributed by atoms with van der Waals surface area (Å²) in [6.07, 6.45) is 0.647. The van der Waals surface area contributed by atoms with E-state index in [1.807, 2.05) is 37.3 Å². The lowest BCUT2D eigenvalue weighted by atomic mass is 9.98. The Hall–Kier alpha value is -2.49. The number of carboxylic acid groups (broad SMARTS) is 1. The monoisotopic (exact) mass is 284 g/mol. The van der Waals surface area contributed by atoms with Gasteiger partial charge in [-0.05, 0) is 30.2 Å². The van der Waals surface area contributed by atoms with E-state index >= 15 is 0 Å². The highest BCUT2D eigenvalue weighted by Crippen LogP contribution is 2.35. The van der Waals surface area contributed by atoms with Crippen LogP contribution in [0.2, 0.25) is 0 Å². The van der Waals surface area contributed by atoms with Crippen molar-refractivity contribution in [2.24, 2.45) is 0 Å². The third-order valence-corrected chi connectivity index (χ3v) is 3.71. The van der Waals surface area contributed by atoms with Gasteiger partial charge < -0.3 is 14.6 Å². The van der Waals surface area contributed by atoms with Crippen LogP contribution in [0, 0.1) is 6.92 Å². The van der Waals surface area contributed by atoms with Crippen LogP contribution in [0.15, 0.2) is 42.5 Å². The van der Waals surface area contributed by atoms with Crippen molar-refractivity contribution in [1.29, 1.82) is 0 Å². The highest BCUT2D eigenvalue weighted by atomic mass is 16.7. The normalized spacial score (nSPS) is 20.1. The number of carboxylic acids is 1. The Morgan fingerprint density at radius 1 is 1.10 bits per heavy atom. The van der Waals surface area contributed by atoms with Crippen LogP contribution in [0.5, 0.6) is 11.5 Å². The summed E-state index contributed by atoms with van der Waals surface area (Å²) in [5, 5.41) is 9.48. The molecule has 1 aliphatic rings. The van der Waals surface area contributed by atoms with Crippen LogP contribution in [0.25, 0.3) is 0 Å². The maximum absolute atomic E-state index is 11.6. The van der Waals surface area contributed by atoms with E-state index in [4.69, 9.17) is 9.47 Å². The van der Waals surface area contributed by atoms with E-state index in [1.54, 1.807) is 12.1 Å². The summed E-state index contributed by atoms with van der Waals surface area (Å²) in [5.74, 6) is -1.82. The molecule has 0 amide bonds. The smallest absolute Gasteiger partial charge is 0.390 e. The van der Waals surface area contributed by atoms with Crippen LogP contribution < -0.4 is 9.47 Å². The predicted molar refractivity (Wildman–Crippen MR) is 77.7 cm³/mol. The summed E-state index contributed by atoms with van der Waals surface area (Å²) in [4.78, 5) is 11.6. The number of ether oxygens (including phenoxy) is 2. The molecule has 1 heterocycles. The molecule has 0 aromatic heterocycles. The third-order valence-electron chi connectivity index (χ3n) is 3.71. The lowest BCUT2D eigenvalue weighted by molar-refractivity contribution is -0.181. The van der Waals surface area contributed by atoms with Gasteiger partial charge >= 0.3 is 11.8 Å². The molecule has 4 nitrogen and oxygen atoms in total. The number of hydrogen-bond donors (Lipinski definition) is 1. The molecular formula is C17H16O4. The number of aliphatic carboxylic acids is 1. The maximum atomic E-state index is 11.6. The van der Waals surface area contributed by atoms with E-state index in [0.29, 0.717) is 17.9 Å². The highest BCUT2D eigenvalue weighted by Gasteiger charge is 2.41. The van der Waals surface area contributed by atoms with Gasteiger partial charge in [0, 0.05) is 18.9 Å². The van der Waals surface area contributed by atoms with Gasteiger partial charge in [0.15, 0.2) is 0 Å². The van der Waals surface area contributed by atoms with E-state index in [-0.39, 0.29) is 0 Å². The lowest BCUT2D eigenvalue weighted by Gasteiger charge is -2.31. The first-order valence-corrected chi connectivity index (χ1v) is 6.77. The van der Waals surface area contributed by atoms with Gasteiger partial charge in [-0.15, -0.1) is 0 Å². The fourth-order valence-electron chi connectivity index (χ4n) is 2.47. The molecule has 0 radical (unpaired) electrons. The van der Waals surface area contributed by atoms with Gasteiger partial charge in [0.25, 0.3) is 0 Å². The van der Waals surface area contributed by atoms with Crippen LogP contribution in [0.3, 0.4) is 0 Å².